The maximum atomic E-state index is 14.5. The van der Waals surface area contributed by atoms with Crippen LogP contribution in [0.15, 0.2) is 53.6 Å². The highest BCUT2D eigenvalue weighted by Crippen LogP contribution is 2.53. The lowest BCUT2D eigenvalue weighted by molar-refractivity contribution is -0.138. The number of halogens is 5. The summed E-state index contributed by atoms with van der Waals surface area (Å²) in [4.78, 5) is -1.07. The molecule has 4 rings (SSSR count). The van der Waals surface area contributed by atoms with Crippen LogP contribution in [0, 0.1) is 11.6 Å². The zero-order chi connectivity index (χ0) is 22.9. The second kappa shape index (κ2) is 8.75. The Morgan fingerprint density at radius 3 is 2.44 bits per heavy atom. The molecule has 1 aromatic heterocycles. The summed E-state index contributed by atoms with van der Waals surface area (Å²) in [6, 6.07) is 11.9. The van der Waals surface area contributed by atoms with Crippen molar-refractivity contribution < 1.29 is 22.0 Å². The largest absolute Gasteiger partial charge is 0.445 e. The van der Waals surface area contributed by atoms with Crippen molar-refractivity contribution in [1.82, 2.24) is 10.2 Å². The zero-order valence-corrected chi connectivity index (χ0v) is 17.9. The van der Waals surface area contributed by atoms with Gasteiger partial charge in [-0.2, -0.15) is 18.3 Å². The van der Waals surface area contributed by atoms with E-state index in [-0.39, 0.29) is 15.7 Å². The number of nitrogens with two attached hydrogens (primary N) is 1. The first kappa shape index (κ1) is 22.6. The molecule has 1 unspecified atom stereocenters. The van der Waals surface area contributed by atoms with Gasteiger partial charge in [-0.3, -0.25) is 0 Å². The fourth-order valence-electron chi connectivity index (χ4n) is 3.30. The summed E-state index contributed by atoms with van der Waals surface area (Å²) in [5.74, 6) is -1.36. The summed E-state index contributed by atoms with van der Waals surface area (Å²) < 4.78 is 68.0. The lowest BCUT2D eigenvalue weighted by Crippen LogP contribution is -2.38. The van der Waals surface area contributed by atoms with E-state index >= 15 is 0 Å². The fourth-order valence-corrected chi connectivity index (χ4v) is 5.52. The average molecular weight is 486 g/mol. The second-order valence-corrected chi connectivity index (χ2v) is 9.10. The number of thioether (sulfide) groups is 1. The van der Waals surface area contributed by atoms with E-state index in [0.29, 0.717) is 36.3 Å². The molecule has 3 aromatic rings. The van der Waals surface area contributed by atoms with E-state index < -0.39 is 27.7 Å². The highest BCUT2D eigenvalue weighted by Gasteiger charge is 2.48. The fraction of sp³-hybridized carbons (Fsp3) is 0.250. The highest BCUT2D eigenvalue weighted by atomic mass is 32.2. The minimum Gasteiger partial charge on any atom is -0.330 e. The minimum atomic E-state index is -4.67. The predicted molar refractivity (Wildman–Crippen MR) is 114 cm³/mol. The summed E-state index contributed by atoms with van der Waals surface area (Å²) >= 11 is 1.45. The molecule has 2 aromatic carbocycles. The minimum absolute atomic E-state index is 0.0916. The van der Waals surface area contributed by atoms with Gasteiger partial charge >= 0.3 is 6.18 Å². The van der Waals surface area contributed by atoms with Gasteiger partial charge in [-0.25, -0.2) is 13.8 Å². The van der Waals surface area contributed by atoms with Gasteiger partial charge < -0.3 is 5.73 Å². The molecule has 0 bridgehead atoms. The van der Waals surface area contributed by atoms with E-state index in [9.17, 15) is 22.0 Å². The Labute approximate surface area is 188 Å². The van der Waals surface area contributed by atoms with Gasteiger partial charge in [-0.05, 0) is 43.1 Å². The van der Waals surface area contributed by atoms with Crippen LogP contribution in [0.5, 0.6) is 0 Å². The number of benzene rings is 2. The summed E-state index contributed by atoms with van der Waals surface area (Å²) in [5.41, 5.74) is 6.34. The molecule has 1 atom stereocenters. The Morgan fingerprint density at radius 2 is 1.78 bits per heavy atom. The van der Waals surface area contributed by atoms with Gasteiger partial charge in [0.05, 0.1) is 0 Å². The first-order chi connectivity index (χ1) is 15.2. The molecule has 1 aliphatic rings. The Hall–Kier alpha value is -2.57. The number of nitrogens with zero attached hydrogens (tertiary/aromatic N) is 4. The van der Waals surface area contributed by atoms with Crippen LogP contribution in [0.4, 0.5) is 27.1 Å². The van der Waals surface area contributed by atoms with Gasteiger partial charge in [0.25, 0.3) is 0 Å². The average Bonchev–Trinajstić information content (AvgIpc) is 3.40. The Kier molecular flexibility index (Phi) is 6.19. The van der Waals surface area contributed by atoms with Gasteiger partial charge in [0, 0.05) is 5.56 Å². The van der Waals surface area contributed by atoms with Crippen LogP contribution in [0.1, 0.15) is 29.0 Å². The number of alkyl halides is 3. The Morgan fingerprint density at radius 1 is 1.03 bits per heavy atom. The summed E-state index contributed by atoms with van der Waals surface area (Å²) in [5, 5.41) is 11.6. The summed E-state index contributed by atoms with van der Waals surface area (Å²) in [6.45, 7) is 0.316. The SMILES string of the molecule is NCCCC1(c2ccccc2)SC(c2cc(F)ccc2F)=NN1c1nnc(C(F)(F)F)s1. The van der Waals surface area contributed by atoms with Crippen LogP contribution in [-0.4, -0.2) is 21.8 Å². The second-order valence-electron chi connectivity index (χ2n) is 6.87. The molecular formula is C20H16F5N5S2. The van der Waals surface area contributed by atoms with E-state index in [1.807, 2.05) is 0 Å². The van der Waals surface area contributed by atoms with E-state index in [1.54, 1.807) is 30.3 Å². The molecule has 0 spiro atoms. The first-order valence-electron chi connectivity index (χ1n) is 9.44. The van der Waals surface area contributed by atoms with E-state index in [2.05, 4.69) is 15.3 Å². The van der Waals surface area contributed by atoms with Crippen LogP contribution in [0.25, 0.3) is 0 Å². The van der Waals surface area contributed by atoms with E-state index in [1.165, 1.54) is 5.01 Å². The van der Waals surface area contributed by atoms with Gasteiger partial charge in [-0.15, -0.1) is 10.2 Å². The number of rotatable bonds is 6. The van der Waals surface area contributed by atoms with E-state index in [0.717, 1.165) is 30.0 Å². The molecule has 5 nitrogen and oxygen atoms in total. The Balaban J connectivity index is 1.89. The molecule has 0 saturated carbocycles. The molecule has 2 heterocycles. The third-order valence-corrected chi connectivity index (χ3v) is 7.13. The van der Waals surface area contributed by atoms with Gasteiger partial charge in [0.2, 0.25) is 10.1 Å². The normalized spacial score (nSPS) is 18.8. The first-order valence-corrected chi connectivity index (χ1v) is 11.1. The van der Waals surface area contributed by atoms with Crippen molar-refractivity contribution in [3.63, 3.8) is 0 Å². The third-order valence-electron chi connectivity index (χ3n) is 4.74. The highest BCUT2D eigenvalue weighted by molar-refractivity contribution is 8.15. The summed E-state index contributed by atoms with van der Waals surface area (Å²) in [6.07, 6.45) is -3.81. The third kappa shape index (κ3) is 4.21. The van der Waals surface area contributed by atoms with Crippen molar-refractivity contribution in [2.24, 2.45) is 10.8 Å². The monoisotopic (exact) mass is 485 g/mol. The van der Waals surface area contributed by atoms with Crippen LogP contribution in [-0.2, 0) is 11.0 Å². The zero-order valence-electron chi connectivity index (χ0n) is 16.3. The maximum absolute atomic E-state index is 14.5. The number of hydrazone groups is 1. The van der Waals surface area contributed by atoms with Gasteiger partial charge in [0.15, 0.2) is 0 Å². The van der Waals surface area contributed by atoms with Crippen molar-refractivity contribution >= 4 is 33.3 Å². The van der Waals surface area contributed by atoms with Gasteiger partial charge in [-0.1, -0.05) is 53.4 Å². The van der Waals surface area contributed by atoms with E-state index in [4.69, 9.17) is 5.73 Å². The topological polar surface area (TPSA) is 67.4 Å². The number of hydrogen-bond donors (Lipinski definition) is 1. The number of hydrogen-bond acceptors (Lipinski definition) is 7. The van der Waals surface area contributed by atoms with Crippen molar-refractivity contribution in [2.45, 2.75) is 23.9 Å². The molecule has 0 saturated heterocycles. The molecule has 0 aliphatic carbocycles. The van der Waals surface area contributed by atoms with Crippen molar-refractivity contribution in [2.75, 3.05) is 11.6 Å². The van der Waals surface area contributed by atoms with Crippen molar-refractivity contribution in [1.29, 1.82) is 0 Å². The molecular weight excluding hydrogens is 469 g/mol. The smallest absolute Gasteiger partial charge is 0.330 e. The van der Waals surface area contributed by atoms with Gasteiger partial charge in [0.1, 0.15) is 21.5 Å². The predicted octanol–water partition coefficient (Wildman–Crippen LogP) is 5.34. The molecule has 0 amide bonds. The maximum Gasteiger partial charge on any atom is 0.445 e. The number of anilines is 1. The van der Waals surface area contributed by atoms with Crippen LogP contribution in [0.2, 0.25) is 0 Å². The van der Waals surface area contributed by atoms with Crippen molar-refractivity contribution in [3.8, 4) is 0 Å². The number of aromatic nitrogens is 2. The molecule has 168 valence electrons. The molecule has 12 heteroatoms. The molecule has 0 fully saturated rings. The lowest BCUT2D eigenvalue weighted by atomic mass is 10.0. The molecule has 2 N–H and O–H groups in total. The molecule has 1 aliphatic heterocycles. The molecule has 0 radical (unpaired) electrons. The van der Waals surface area contributed by atoms with Crippen LogP contribution in [0.3, 0.4) is 0 Å². The van der Waals surface area contributed by atoms with Crippen molar-refractivity contribution in [3.05, 3.63) is 76.3 Å². The van der Waals surface area contributed by atoms with Crippen LogP contribution >= 0.6 is 23.1 Å². The van der Waals surface area contributed by atoms with Crippen LogP contribution < -0.4 is 10.7 Å². The Bertz CT molecular complexity index is 1130. The lowest BCUT2D eigenvalue weighted by Gasteiger charge is -2.35. The standard InChI is InChI=1S/C20H16F5N5S2/c21-13-7-8-15(22)14(11-13)16-29-30(18-28-27-17(31-18)20(23,24)25)19(32-16,9-4-10-26)12-5-2-1-3-6-12/h1-3,5-8,11H,4,9-10,26H2. The summed E-state index contributed by atoms with van der Waals surface area (Å²) in [7, 11) is 0. The quantitative estimate of drug-likeness (QED) is 0.478. The molecule has 32 heavy (non-hydrogen) atoms.